The molecule has 1 heterocycles. The number of hydrogen-bond acceptors (Lipinski definition) is 7. The molecular formula is C13H16N4O4. The molecule has 0 amide bonds. The van der Waals surface area contributed by atoms with Crippen molar-refractivity contribution >= 4 is 5.69 Å². The number of hydrogen-bond donors (Lipinski definition) is 1. The van der Waals surface area contributed by atoms with E-state index in [0.717, 1.165) is 6.42 Å². The fourth-order valence-corrected chi connectivity index (χ4v) is 1.68. The Hall–Kier alpha value is -2.32. The second kappa shape index (κ2) is 6.91. The zero-order valence-electron chi connectivity index (χ0n) is 11.6. The van der Waals surface area contributed by atoms with Crippen LogP contribution in [0, 0.1) is 10.1 Å². The minimum atomic E-state index is -0.493. The van der Waals surface area contributed by atoms with Crippen molar-refractivity contribution < 1.29 is 14.2 Å². The molecule has 0 radical (unpaired) electrons. The number of nitrogens with two attached hydrogens (primary N) is 1. The van der Waals surface area contributed by atoms with Crippen LogP contribution in [0.1, 0.15) is 25.2 Å². The maximum Gasteiger partial charge on any atom is 0.270 e. The lowest BCUT2D eigenvalue weighted by molar-refractivity contribution is -0.384. The molecule has 0 bridgehead atoms. The molecule has 0 aliphatic carbocycles. The van der Waals surface area contributed by atoms with Gasteiger partial charge in [-0.1, -0.05) is 18.1 Å². The van der Waals surface area contributed by atoms with Crippen molar-refractivity contribution in [2.75, 3.05) is 13.2 Å². The number of rotatable bonds is 7. The van der Waals surface area contributed by atoms with Gasteiger partial charge in [0.2, 0.25) is 0 Å². The largest absolute Gasteiger partial charge is 0.379 e. The summed E-state index contributed by atoms with van der Waals surface area (Å²) in [6, 6.07) is 5.49. The SMILES string of the molecule is CCCOCC(N)c1noc(-c2cccc([N+](=O)[O-])c2)n1. The number of ether oxygens (including phenoxy) is 1. The topological polar surface area (TPSA) is 117 Å². The fourth-order valence-electron chi connectivity index (χ4n) is 1.68. The second-order valence-electron chi connectivity index (χ2n) is 4.45. The van der Waals surface area contributed by atoms with Gasteiger partial charge < -0.3 is 15.0 Å². The Labute approximate surface area is 121 Å². The van der Waals surface area contributed by atoms with Gasteiger partial charge >= 0.3 is 0 Å². The van der Waals surface area contributed by atoms with E-state index in [9.17, 15) is 10.1 Å². The summed E-state index contributed by atoms with van der Waals surface area (Å²) in [6.45, 7) is 2.91. The summed E-state index contributed by atoms with van der Waals surface area (Å²) in [4.78, 5) is 14.4. The zero-order chi connectivity index (χ0) is 15.2. The second-order valence-corrected chi connectivity index (χ2v) is 4.45. The van der Waals surface area contributed by atoms with Crippen molar-refractivity contribution in [3.8, 4) is 11.5 Å². The van der Waals surface area contributed by atoms with Crippen LogP contribution < -0.4 is 5.73 Å². The molecule has 0 fully saturated rings. The minimum absolute atomic E-state index is 0.0390. The Morgan fingerprint density at radius 1 is 1.52 bits per heavy atom. The molecule has 112 valence electrons. The number of benzene rings is 1. The van der Waals surface area contributed by atoms with Crippen molar-refractivity contribution in [2.45, 2.75) is 19.4 Å². The first-order valence-corrected chi connectivity index (χ1v) is 6.53. The molecule has 1 unspecified atom stereocenters. The van der Waals surface area contributed by atoms with Gasteiger partial charge in [0.05, 0.1) is 17.6 Å². The first-order valence-electron chi connectivity index (χ1n) is 6.53. The molecule has 0 saturated heterocycles. The van der Waals surface area contributed by atoms with Gasteiger partial charge in [-0.15, -0.1) is 0 Å². The molecule has 1 atom stereocenters. The summed E-state index contributed by atoms with van der Waals surface area (Å²) in [6.07, 6.45) is 0.901. The summed E-state index contributed by atoms with van der Waals surface area (Å²) in [5.41, 5.74) is 6.32. The van der Waals surface area contributed by atoms with Gasteiger partial charge in [-0.3, -0.25) is 10.1 Å². The van der Waals surface area contributed by atoms with E-state index in [1.165, 1.54) is 12.1 Å². The standard InChI is InChI=1S/C13H16N4O4/c1-2-6-20-8-11(14)12-15-13(21-16-12)9-4-3-5-10(7-9)17(18)19/h3-5,7,11H,2,6,8,14H2,1H3. The van der Waals surface area contributed by atoms with E-state index in [-0.39, 0.29) is 11.6 Å². The van der Waals surface area contributed by atoms with Crippen molar-refractivity contribution in [3.05, 3.63) is 40.2 Å². The molecule has 0 spiro atoms. The van der Waals surface area contributed by atoms with E-state index in [1.54, 1.807) is 12.1 Å². The summed E-state index contributed by atoms with van der Waals surface area (Å²) in [5.74, 6) is 0.507. The smallest absolute Gasteiger partial charge is 0.270 e. The van der Waals surface area contributed by atoms with E-state index < -0.39 is 11.0 Å². The Bertz CT molecular complexity index is 614. The summed E-state index contributed by atoms with van der Waals surface area (Å²) < 4.78 is 10.4. The highest BCUT2D eigenvalue weighted by atomic mass is 16.6. The molecule has 0 aliphatic rings. The molecule has 2 N–H and O–H groups in total. The van der Waals surface area contributed by atoms with Crippen LogP contribution in [-0.4, -0.2) is 28.3 Å². The average Bonchev–Trinajstić information content (AvgIpc) is 2.97. The molecule has 0 saturated carbocycles. The predicted octanol–water partition coefficient (Wildman–Crippen LogP) is 2.07. The normalized spacial score (nSPS) is 12.3. The van der Waals surface area contributed by atoms with Gasteiger partial charge in [0.25, 0.3) is 11.6 Å². The van der Waals surface area contributed by atoms with Gasteiger partial charge in [-0.05, 0) is 12.5 Å². The molecule has 0 aliphatic heterocycles. The lowest BCUT2D eigenvalue weighted by Crippen LogP contribution is -2.18. The Balaban J connectivity index is 2.12. The van der Waals surface area contributed by atoms with Crippen LogP contribution in [0.2, 0.25) is 0 Å². The highest BCUT2D eigenvalue weighted by Crippen LogP contribution is 2.23. The van der Waals surface area contributed by atoms with Gasteiger partial charge in [-0.25, -0.2) is 0 Å². The number of nitro benzene ring substituents is 1. The molecular weight excluding hydrogens is 276 g/mol. The minimum Gasteiger partial charge on any atom is -0.379 e. The summed E-state index contributed by atoms with van der Waals surface area (Å²) in [7, 11) is 0. The highest BCUT2D eigenvalue weighted by Gasteiger charge is 2.17. The first kappa shape index (κ1) is 15.1. The van der Waals surface area contributed by atoms with Crippen molar-refractivity contribution in [1.29, 1.82) is 0 Å². The molecule has 21 heavy (non-hydrogen) atoms. The van der Waals surface area contributed by atoms with Crippen LogP contribution in [0.3, 0.4) is 0 Å². The summed E-state index contributed by atoms with van der Waals surface area (Å²) >= 11 is 0. The quantitative estimate of drug-likeness (QED) is 0.471. The van der Waals surface area contributed by atoms with Crippen LogP contribution in [-0.2, 0) is 4.74 Å². The monoisotopic (exact) mass is 292 g/mol. The lowest BCUT2D eigenvalue weighted by atomic mass is 10.2. The molecule has 1 aromatic heterocycles. The van der Waals surface area contributed by atoms with Crippen LogP contribution in [0.4, 0.5) is 5.69 Å². The van der Waals surface area contributed by atoms with Crippen LogP contribution in [0.5, 0.6) is 0 Å². The highest BCUT2D eigenvalue weighted by molar-refractivity contribution is 5.57. The number of nitrogens with zero attached hydrogens (tertiary/aromatic N) is 3. The Morgan fingerprint density at radius 2 is 2.33 bits per heavy atom. The molecule has 1 aromatic carbocycles. The third-order valence-corrected chi connectivity index (χ3v) is 2.72. The van der Waals surface area contributed by atoms with Crippen LogP contribution in [0.15, 0.2) is 28.8 Å². The predicted molar refractivity (Wildman–Crippen MR) is 74.4 cm³/mol. The third kappa shape index (κ3) is 3.83. The van der Waals surface area contributed by atoms with Crippen LogP contribution in [0.25, 0.3) is 11.5 Å². The Morgan fingerprint density at radius 3 is 3.05 bits per heavy atom. The number of nitro groups is 1. The maximum atomic E-state index is 10.7. The summed E-state index contributed by atoms with van der Waals surface area (Å²) in [5, 5.41) is 14.5. The average molecular weight is 292 g/mol. The van der Waals surface area contributed by atoms with E-state index in [1.807, 2.05) is 6.92 Å². The molecule has 2 rings (SSSR count). The third-order valence-electron chi connectivity index (χ3n) is 2.72. The van der Waals surface area contributed by atoms with E-state index in [4.69, 9.17) is 15.0 Å². The van der Waals surface area contributed by atoms with Gasteiger partial charge in [-0.2, -0.15) is 4.98 Å². The van der Waals surface area contributed by atoms with Crippen LogP contribution >= 0.6 is 0 Å². The fraction of sp³-hybridized carbons (Fsp3) is 0.385. The van der Waals surface area contributed by atoms with Crippen molar-refractivity contribution in [3.63, 3.8) is 0 Å². The van der Waals surface area contributed by atoms with Crippen molar-refractivity contribution in [1.82, 2.24) is 10.1 Å². The maximum absolute atomic E-state index is 10.7. The van der Waals surface area contributed by atoms with E-state index in [2.05, 4.69) is 10.1 Å². The molecule has 2 aromatic rings. The van der Waals surface area contributed by atoms with E-state index in [0.29, 0.717) is 24.6 Å². The lowest BCUT2D eigenvalue weighted by Gasteiger charge is -2.06. The number of non-ortho nitro benzene ring substituents is 1. The Kier molecular flexibility index (Phi) is 4.96. The van der Waals surface area contributed by atoms with E-state index >= 15 is 0 Å². The van der Waals surface area contributed by atoms with Gasteiger partial charge in [0, 0.05) is 24.3 Å². The van der Waals surface area contributed by atoms with Gasteiger partial charge in [0.15, 0.2) is 5.82 Å². The van der Waals surface area contributed by atoms with Crippen molar-refractivity contribution in [2.24, 2.45) is 5.73 Å². The number of aromatic nitrogens is 2. The molecule has 8 nitrogen and oxygen atoms in total. The molecule has 8 heteroatoms. The first-order chi connectivity index (χ1) is 10.1. The zero-order valence-corrected chi connectivity index (χ0v) is 11.6. The van der Waals surface area contributed by atoms with Gasteiger partial charge in [0.1, 0.15) is 0 Å².